The Morgan fingerprint density at radius 3 is 2.96 bits per heavy atom. The van der Waals surface area contributed by atoms with Crippen molar-refractivity contribution in [3.8, 4) is 11.5 Å². The highest BCUT2D eigenvalue weighted by Gasteiger charge is 2.29. The van der Waals surface area contributed by atoms with Crippen LogP contribution < -0.4 is 0 Å². The monoisotopic (exact) mass is 401 g/mol. The molecule has 1 fully saturated rings. The van der Waals surface area contributed by atoms with Crippen molar-refractivity contribution in [2.75, 3.05) is 0 Å². The Balaban J connectivity index is 1.32. The van der Waals surface area contributed by atoms with Crippen LogP contribution in [0.3, 0.4) is 0 Å². The van der Waals surface area contributed by atoms with E-state index in [1.54, 1.807) is 34.4 Å². The second-order valence-corrected chi connectivity index (χ2v) is 8.83. The maximum absolute atomic E-state index is 5.35. The number of hydrogen-bond acceptors (Lipinski definition) is 8. The summed E-state index contributed by atoms with van der Waals surface area (Å²) < 4.78 is 7.65. The van der Waals surface area contributed by atoms with E-state index in [0.717, 1.165) is 23.0 Å². The van der Waals surface area contributed by atoms with Crippen LogP contribution >= 0.6 is 34.4 Å². The molecule has 0 atom stereocenters. The van der Waals surface area contributed by atoms with Crippen molar-refractivity contribution >= 4 is 34.4 Å². The molecule has 0 aliphatic heterocycles. The lowest BCUT2D eigenvalue weighted by Crippen LogP contribution is -2.03. The molecule has 26 heavy (non-hydrogen) atoms. The molecule has 5 rings (SSSR count). The quantitative estimate of drug-likeness (QED) is 0.419. The molecule has 9 heteroatoms. The van der Waals surface area contributed by atoms with Crippen molar-refractivity contribution in [1.82, 2.24) is 24.9 Å². The highest BCUT2D eigenvalue weighted by atomic mass is 32.2. The molecule has 0 N–H and O–H groups in total. The SMILES string of the molecule is c1csc(Cc2nnc(SCc3noc(-c4ccsc4)n3)n2C2CC2)c1. The first-order valence-corrected chi connectivity index (χ1v) is 11.1. The summed E-state index contributed by atoms with van der Waals surface area (Å²) in [5.41, 5.74) is 0.970. The van der Waals surface area contributed by atoms with Gasteiger partial charge >= 0.3 is 0 Å². The van der Waals surface area contributed by atoms with Gasteiger partial charge in [0.1, 0.15) is 5.82 Å². The first kappa shape index (κ1) is 16.2. The Hall–Kier alpha value is -1.97. The molecule has 0 amide bonds. The molecule has 4 aromatic heterocycles. The topological polar surface area (TPSA) is 69.6 Å². The van der Waals surface area contributed by atoms with Gasteiger partial charge in [0, 0.05) is 22.7 Å². The van der Waals surface area contributed by atoms with Crippen LogP contribution in [0.5, 0.6) is 0 Å². The third-order valence-electron chi connectivity index (χ3n) is 4.13. The van der Waals surface area contributed by atoms with Crippen molar-refractivity contribution in [3.05, 3.63) is 50.9 Å². The zero-order valence-corrected chi connectivity index (χ0v) is 16.2. The van der Waals surface area contributed by atoms with Gasteiger partial charge in [0.05, 0.1) is 11.3 Å². The molecule has 1 aliphatic carbocycles. The van der Waals surface area contributed by atoms with Gasteiger partial charge in [-0.1, -0.05) is 23.0 Å². The Morgan fingerprint density at radius 2 is 2.19 bits per heavy atom. The van der Waals surface area contributed by atoms with E-state index in [-0.39, 0.29) is 0 Å². The van der Waals surface area contributed by atoms with E-state index in [1.807, 2.05) is 16.8 Å². The molecule has 0 unspecified atom stereocenters. The molecule has 4 aromatic rings. The van der Waals surface area contributed by atoms with E-state index < -0.39 is 0 Å². The zero-order chi connectivity index (χ0) is 17.3. The molecule has 0 spiro atoms. The molecule has 1 aliphatic rings. The summed E-state index contributed by atoms with van der Waals surface area (Å²) in [4.78, 5) is 5.79. The third-order valence-corrected chi connectivity index (χ3v) is 6.62. The zero-order valence-electron chi connectivity index (χ0n) is 13.7. The summed E-state index contributed by atoms with van der Waals surface area (Å²) in [5.74, 6) is 2.92. The molecule has 0 radical (unpaired) electrons. The van der Waals surface area contributed by atoms with E-state index in [1.165, 1.54) is 17.7 Å². The van der Waals surface area contributed by atoms with Crippen molar-refractivity contribution in [2.45, 2.75) is 36.2 Å². The molecule has 132 valence electrons. The summed E-state index contributed by atoms with van der Waals surface area (Å²) in [6, 6.07) is 6.74. The predicted octanol–water partition coefficient (Wildman–Crippen LogP) is 4.67. The van der Waals surface area contributed by atoms with Gasteiger partial charge in [-0.05, 0) is 35.7 Å². The molecular formula is C17H15N5OS3. The van der Waals surface area contributed by atoms with Crippen LogP contribution in [0.2, 0.25) is 0 Å². The number of thioether (sulfide) groups is 1. The fourth-order valence-corrected chi connectivity index (χ4v) is 4.94. The number of thiophene rings is 2. The van der Waals surface area contributed by atoms with Crippen molar-refractivity contribution in [2.24, 2.45) is 0 Å². The second kappa shape index (κ2) is 6.98. The molecular weight excluding hydrogens is 386 g/mol. The smallest absolute Gasteiger partial charge is 0.258 e. The lowest BCUT2D eigenvalue weighted by Gasteiger charge is -2.07. The lowest BCUT2D eigenvalue weighted by atomic mass is 10.3. The number of rotatable bonds is 7. The average molecular weight is 402 g/mol. The Labute approximate surface area is 162 Å². The van der Waals surface area contributed by atoms with Gasteiger partial charge in [-0.3, -0.25) is 0 Å². The second-order valence-electron chi connectivity index (χ2n) is 6.07. The van der Waals surface area contributed by atoms with Gasteiger partial charge in [0.25, 0.3) is 5.89 Å². The standard InChI is InChI=1S/C17H15N5OS3/c1-2-13(25-6-1)8-15-19-20-17(22(15)12-3-4-12)26-10-14-18-16(23-21-14)11-5-7-24-9-11/h1-2,5-7,9,12H,3-4,8,10H2. The van der Waals surface area contributed by atoms with Gasteiger partial charge in [0.15, 0.2) is 11.0 Å². The summed E-state index contributed by atoms with van der Waals surface area (Å²) >= 11 is 5.00. The summed E-state index contributed by atoms with van der Waals surface area (Å²) in [6.45, 7) is 0. The molecule has 0 bridgehead atoms. The maximum Gasteiger partial charge on any atom is 0.258 e. The van der Waals surface area contributed by atoms with E-state index in [2.05, 4.69) is 42.4 Å². The first-order chi connectivity index (χ1) is 12.9. The van der Waals surface area contributed by atoms with Crippen molar-refractivity contribution in [3.63, 3.8) is 0 Å². The van der Waals surface area contributed by atoms with Crippen LogP contribution in [-0.2, 0) is 12.2 Å². The van der Waals surface area contributed by atoms with Gasteiger partial charge in [0.2, 0.25) is 0 Å². The highest BCUT2D eigenvalue weighted by molar-refractivity contribution is 7.98. The van der Waals surface area contributed by atoms with Crippen LogP contribution in [0.1, 0.15) is 35.4 Å². The summed E-state index contributed by atoms with van der Waals surface area (Å²) in [5, 5.41) is 20.0. The Morgan fingerprint density at radius 1 is 1.23 bits per heavy atom. The van der Waals surface area contributed by atoms with E-state index >= 15 is 0 Å². The van der Waals surface area contributed by atoms with Crippen LogP contribution in [0.25, 0.3) is 11.5 Å². The largest absolute Gasteiger partial charge is 0.334 e. The van der Waals surface area contributed by atoms with Gasteiger partial charge < -0.3 is 9.09 Å². The minimum Gasteiger partial charge on any atom is -0.334 e. The van der Waals surface area contributed by atoms with Crippen LogP contribution in [0.15, 0.2) is 44.0 Å². The van der Waals surface area contributed by atoms with Crippen molar-refractivity contribution in [1.29, 1.82) is 0 Å². The van der Waals surface area contributed by atoms with Gasteiger partial charge in [-0.2, -0.15) is 16.3 Å². The number of aromatic nitrogens is 5. The maximum atomic E-state index is 5.35. The summed E-state index contributed by atoms with van der Waals surface area (Å²) in [7, 11) is 0. The Kier molecular flexibility index (Phi) is 4.35. The fraction of sp³-hybridized carbons (Fsp3) is 0.294. The van der Waals surface area contributed by atoms with E-state index in [9.17, 15) is 0 Å². The predicted molar refractivity (Wildman–Crippen MR) is 103 cm³/mol. The third kappa shape index (κ3) is 3.34. The van der Waals surface area contributed by atoms with Crippen LogP contribution in [-0.4, -0.2) is 24.9 Å². The molecule has 0 saturated heterocycles. The number of hydrogen-bond donors (Lipinski definition) is 0. The lowest BCUT2D eigenvalue weighted by molar-refractivity contribution is 0.425. The average Bonchev–Trinajstić information content (AvgIpc) is 3.17. The van der Waals surface area contributed by atoms with Crippen molar-refractivity contribution < 1.29 is 4.52 Å². The molecule has 4 heterocycles. The highest BCUT2D eigenvalue weighted by Crippen LogP contribution is 2.39. The minimum atomic E-state index is 0.536. The van der Waals surface area contributed by atoms with Gasteiger partial charge in [-0.25, -0.2) is 0 Å². The molecule has 1 saturated carbocycles. The normalized spacial score (nSPS) is 14.2. The first-order valence-electron chi connectivity index (χ1n) is 8.31. The van der Waals surface area contributed by atoms with Crippen LogP contribution in [0.4, 0.5) is 0 Å². The molecule has 0 aromatic carbocycles. The number of nitrogens with zero attached hydrogens (tertiary/aromatic N) is 5. The Bertz CT molecular complexity index is 986. The van der Waals surface area contributed by atoms with Crippen LogP contribution in [0, 0.1) is 0 Å². The van der Waals surface area contributed by atoms with E-state index in [0.29, 0.717) is 23.5 Å². The minimum absolute atomic E-state index is 0.536. The molecule has 6 nitrogen and oxygen atoms in total. The summed E-state index contributed by atoms with van der Waals surface area (Å²) in [6.07, 6.45) is 3.24. The fourth-order valence-electron chi connectivity index (χ4n) is 2.74. The van der Waals surface area contributed by atoms with Gasteiger partial charge in [-0.15, -0.1) is 21.5 Å². The van der Waals surface area contributed by atoms with E-state index in [4.69, 9.17) is 4.52 Å².